The van der Waals surface area contributed by atoms with E-state index in [1.165, 1.54) is 0 Å². The Labute approximate surface area is 159 Å². The number of nitrogens with one attached hydrogen (secondary N) is 2. The molecule has 0 bridgehead atoms. The van der Waals surface area contributed by atoms with Gasteiger partial charge in [0.25, 0.3) is 0 Å². The Morgan fingerprint density at radius 2 is 2.07 bits per heavy atom. The van der Waals surface area contributed by atoms with Gasteiger partial charge in [0.05, 0.1) is 18.3 Å². The van der Waals surface area contributed by atoms with Crippen molar-refractivity contribution >= 4 is 17.7 Å². The fraction of sp³-hybridized carbons (Fsp3) is 0.684. The van der Waals surface area contributed by atoms with Crippen molar-refractivity contribution in [1.29, 1.82) is 0 Å². The van der Waals surface area contributed by atoms with Gasteiger partial charge in [0.1, 0.15) is 12.6 Å². The molecule has 1 spiro atoms. The molecule has 3 rings (SSSR count). The van der Waals surface area contributed by atoms with Crippen molar-refractivity contribution in [2.45, 2.75) is 64.6 Å². The number of carbonyl (C=O) groups is 3. The Kier molecular flexibility index (Phi) is 5.53. The van der Waals surface area contributed by atoms with Gasteiger partial charge in [-0.25, -0.2) is 0 Å². The maximum absolute atomic E-state index is 13.0. The Bertz CT molecular complexity index is 721. The molecule has 1 aromatic rings. The molecule has 0 radical (unpaired) electrons. The summed E-state index contributed by atoms with van der Waals surface area (Å²) in [6.45, 7) is 6.28. The van der Waals surface area contributed by atoms with Crippen LogP contribution in [0, 0.1) is 12.8 Å². The molecule has 2 N–H and O–H groups in total. The van der Waals surface area contributed by atoms with Gasteiger partial charge in [-0.15, -0.1) is 0 Å². The fourth-order valence-electron chi connectivity index (χ4n) is 3.89. The van der Waals surface area contributed by atoms with E-state index in [9.17, 15) is 14.4 Å². The molecular weight excluding hydrogens is 346 g/mol. The van der Waals surface area contributed by atoms with Crippen molar-refractivity contribution < 1.29 is 14.4 Å². The van der Waals surface area contributed by atoms with E-state index in [0.717, 1.165) is 31.2 Å². The maximum atomic E-state index is 13.0. The summed E-state index contributed by atoms with van der Waals surface area (Å²) in [5, 5.41) is 10.1. The van der Waals surface area contributed by atoms with Crippen LogP contribution in [0.3, 0.4) is 0 Å². The molecule has 0 aromatic carbocycles. The maximum Gasteiger partial charge on any atom is 0.244 e. The van der Waals surface area contributed by atoms with Gasteiger partial charge in [-0.2, -0.15) is 5.10 Å². The zero-order chi connectivity index (χ0) is 19.6. The second kappa shape index (κ2) is 7.70. The minimum absolute atomic E-state index is 0.0929. The van der Waals surface area contributed by atoms with Crippen LogP contribution >= 0.6 is 0 Å². The summed E-state index contributed by atoms with van der Waals surface area (Å²) in [4.78, 5) is 39.6. The summed E-state index contributed by atoms with van der Waals surface area (Å²) in [5.41, 5.74) is 0.606. The van der Waals surface area contributed by atoms with Gasteiger partial charge in [0.2, 0.25) is 17.7 Å². The predicted octanol–water partition coefficient (Wildman–Crippen LogP) is 0.604. The quantitative estimate of drug-likeness (QED) is 0.806. The van der Waals surface area contributed by atoms with E-state index in [-0.39, 0.29) is 42.3 Å². The van der Waals surface area contributed by atoms with E-state index in [1.54, 1.807) is 29.6 Å². The lowest BCUT2D eigenvalue weighted by Gasteiger charge is -2.32. The van der Waals surface area contributed by atoms with Gasteiger partial charge < -0.3 is 15.5 Å². The van der Waals surface area contributed by atoms with Gasteiger partial charge >= 0.3 is 0 Å². The third-order valence-electron chi connectivity index (χ3n) is 5.42. The Balaban J connectivity index is 1.79. The van der Waals surface area contributed by atoms with Crippen LogP contribution in [-0.2, 0) is 20.9 Å². The first kappa shape index (κ1) is 19.4. The van der Waals surface area contributed by atoms with Crippen molar-refractivity contribution in [1.82, 2.24) is 25.3 Å². The summed E-state index contributed by atoms with van der Waals surface area (Å²) in [5.74, 6) is -0.703. The molecule has 8 heteroatoms. The van der Waals surface area contributed by atoms with Crippen LogP contribution in [-0.4, -0.2) is 57.1 Å². The highest BCUT2D eigenvalue weighted by atomic mass is 16.2. The van der Waals surface area contributed by atoms with E-state index in [0.29, 0.717) is 6.54 Å². The normalized spacial score (nSPS) is 22.0. The van der Waals surface area contributed by atoms with Gasteiger partial charge in [-0.1, -0.05) is 26.7 Å². The second-order valence-electron chi connectivity index (χ2n) is 8.18. The van der Waals surface area contributed by atoms with Gasteiger partial charge in [0, 0.05) is 18.7 Å². The highest BCUT2D eigenvalue weighted by Crippen LogP contribution is 2.32. The van der Waals surface area contributed by atoms with Crippen molar-refractivity contribution in [3.63, 3.8) is 0 Å². The molecule has 1 saturated heterocycles. The van der Waals surface area contributed by atoms with Crippen molar-refractivity contribution in [2.24, 2.45) is 5.92 Å². The lowest BCUT2D eigenvalue weighted by Crippen LogP contribution is -2.54. The number of aryl methyl sites for hydroxylation is 1. The first-order valence-corrected chi connectivity index (χ1v) is 9.67. The molecule has 1 saturated carbocycles. The summed E-state index contributed by atoms with van der Waals surface area (Å²) in [6.07, 6.45) is 7.31. The average Bonchev–Trinajstić information content (AvgIpc) is 3.18. The van der Waals surface area contributed by atoms with Crippen molar-refractivity contribution in [2.75, 3.05) is 13.1 Å². The summed E-state index contributed by atoms with van der Waals surface area (Å²) in [7, 11) is 0. The van der Waals surface area contributed by atoms with Crippen LogP contribution in [0.15, 0.2) is 12.4 Å². The highest BCUT2D eigenvalue weighted by Gasteiger charge is 2.43. The summed E-state index contributed by atoms with van der Waals surface area (Å²) in [6, 6.07) is -0.733. The molecule has 2 heterocycles. The number of hydrogen-bond acceptors (Lipinski definition) is 4. The standard InChI is InChI=1S/C19H29N5O3/c1-13(2)17(26)21-15-10-23(16(25)11-24-9-14(3)8-20-24)12-19(22-18(15)27)6-4-5-7-19/h8-9,13,15H,4-7,10-12H2,1-3H3,(H,21,26)(H,22,27). The van der Waals surface area contributed by atoms with Crippen LogP contribution in [0.1, 0.15) is 45.1 Å². The third kappa shape index (κ3) is 4.48. The number of amides is 3. The van der Waals surface area contributed by atoms with E-state index in [2.05, 4.69) is 15.7 Å². The Morgan fingerprint density at radius 3 is 2.67 bits per heavy atom. The number of rotatable bonds is 4. The molecule has 1 atom stereocenters. The molecule has 8 nitrogen and oxygen atoms in total. The number of nitrogens with zero attached hydrogens (tertiary/aromatic N) is 3. The van der Waals surface area contributed by atoms with Crippen LogP contribution in [0.25, 0.3) is 0 Å². The number of carbonyl (C=O) groups excluding carboxylic acids is 3. The molecule has 1 aliphatic heterocycles. The molecule has 1 aromatic heterocycles. The number of aromatic nitrogens is 2. The minimum atomic E-state index is -0.733. The lowest BCUT2D eigenvalue weighted by molar-refractivity contribution is -0.134. The smallest absolute Gasteiger partial charge is 0.244 e. The molecule has 1 unspecified atom stereocenters. The van der Waals surface area contributed by atoms with Gasteiger partial charge in [-0.05, 0) is 25.3 Å². The molecule has 1 aliphatic carbocycles. The van der Waals surface area contributed by atoms with Crippen LogP contribution in [0.4, 0.5) is 0 Å². The van der Waals surface area contributed by atoms with Crippen LogP contribution in [0.2, 0.25) is 0 Å². The third-order valence-corrected chi connectivity index (χ3v) is 5.42. The molecule has 148 valence electrons. The van der Waals surface area contributed by atoms with Crippen LogP contribution < -0.4 is 10.6 Å². The first-order chi connectivity index (χ1) is 12.8. The second-order valence-corrected chi connectivity index (χ2v) is 8.18. The van der Waals surface area contributed by atoms with Gasteiger partial charge in [-0.3, -0.25) is 19.1 Å². The molecule has 2 fully saturated rings. The van der Waals surface area contributed by atoms with E-state index >= 15 is 0 Å². The monoisotopic (exact) mass is 375 g/mol. The SMILES string of the molecule is Cc1cnn(CC(=O)N2CC(NC(=O)C(C)C)C(=O)NC3(CCCC3)C2)c1. The van der Waals surface area contributed by atoms with Gasteiger partial charge in [0.15, 0.2) is 0 Å². The minimum Gasteiger partial charge on any atom is -0.347 e. The number of hydrogen-bond donors (Lipinski definition) is 2. The molecule has 3 amide bonds. The Hall–Kier alpha value is -2.38. The van der Waals surface area contributed by atoms with E-state index < -0.39 is 6.04 Å². The van der Waals surface area contributed by atoms with Crippen LogP contribution in [0.5, 0.6) is 0 Å². The van der Waals surface area contributed by atoms with E-state index in [1.807, 2.05) is 13.1 Å². The summed E-state index contributed by atoms with van der Waals surface area (Å²) >= 11 is 0. The zero-order valence-corrected chi connectivity index (χ0v) is 16.3. The molecular formula is C19H29N5O3. The fourth-order valence-corrected chi connectivity index (χ4v) is 3.89. The predicted molar refractivity (Wildman–Crippen MR) is 99.7 cm³/mol. The topological polar surface area (TPSA) is 96.3 Å². The summed E-state index contributed by atoms with van der Waals surface area (Å²) < 4.78 is 1.61. The molecule has 27 heavy (non-hydrogen) atoms. The van der Waals surface area contributed by atoms with E-state index in [4.69, 9.17) is 0 Å². The molecule has 2 aliphatic rings. The van der Waals surface area contributed by atoms with Crippen molar-refractivity contribution in [3.8, 4) is 0 Å². The Morgan fingerprint density at radius 1 is 1.37 bits per heavy atom. The highest BCUT2D eigenvalue weighted by molar-refractivity contribution is 5.90. The zero-order valence-electron chi connectivity index (χ0n) is 16.3. The lowest BCUT2D eigenvalue weighted by atomic mass is 9.97. The van der Waals surface area contributed by atoms with Crippen molar-refractivity contribution in [3.05, 3.63) is 18.0 Å². The average molecular weight is 375 g/mol. The first-order valence-electron chi connectivity index (χ1n) is 9.67. The largest absolute Gasteiger partial charge is 0.347 e.